The Bertz CT molecular complexity index is 1030. The first kappa shape index (κ1) is 19.6. The fourth-order valence-corrected chi connectivity index (χ4v) is 2.40. The monoisotopic (exact) mass is 388 g/mol. The zero-order valence-electron chi connectivity index (χ0n) is 15.8. The first-order valence-corrected chi connectivity index (χ1v) is 8.80. The van der Waals surface area contributed by atoms with Gasteiger partial charge < -0.3 is 16.0 Å². The van der Waals surface area contributed by atoms with Crippen molar-refractivity contribution < 1.29 is 9.59 Å². The predicted octanol–water partition coefficient (Wildman–Crippen LogP) is 4.30. The van der Waals surface area contributed by atoms with E-state index in [4.69, 9.17) is 0 Å². The number of benzene rings is 2. The predicted molar refractivity (Wildman–Crippen MR) is 114 cm³/mol. The highest BCUT2D eigenvalue weighted by atomic mass is 16.2. The van der Waals surface area contributed by atoms with Crippen LogP contribution in [0.2, 0.25) is 0 Å². The Hall–Kier alpha value is -4.20. The molecule has 146 valence electrons. The van der Waals surface area contributed by atoms with Crippen molar-refractivity contribution in [3.8, 4) is 0 Å². The summed E-state index contributed by atoms with van der Waals surface area (Å²) < 4.78 is 0. The third-order valence-corrected chi connectivity index (χ3v) is 3.78. The van der Waals surface area contributed by atoms with E-state index in [9.17, 15) is 9.59 Å². The summed E-state index contributed by atoms with van der Waals surface area (Å²) >= 11 is 0. The third kappa shape index (κ3) is 5.90. The van der Waals surface area contributed by atoms with Gasteiger partial charge in [-0.15, -0.1) is 0 Å². The number of hydrogen-bond acceptors (Lipinski definition) is 5. The molecule has 0 fully saturated rings. The molecule has 0 aliphatic rings. The summed E-state index contributed by atoms with van der Waals surface area (Å²) in [6.45, 7) is 5.41. The third-order valence-electron chi connectivity index (χ3n) is 3.78. The maximum atomic E-state index is 12.3. The van der Waals surface area contributed by atoms with Crippen LogP contribution < -0.4 is 21.3 Å². The molecular formula is C21H20N6O2. The van der Waals surface area contributed by atoms with E-state index in [0.29, 0.717) is 23.1 Å². The standard InChI is InChI=1S/C21H20N6O2/c1-3-19(28)23-16-5-4-6-17(13-16)25-21(29)27-18-11-12-22-20(26-18)24-15-9-7-14(2)8-10-15/h3-13H,1H2,2H3,(H,23,28)(H3,22,24,25,26,27,29). The van der Waals surface area contributed by atoms with Crippen molar-refractivity contribution in [3.05, 3.63) is 79.0 Å². The number of nitrogens with one attached hydrogen (secondary N) is 4. The molecule has 29 heavy (non-hydrogen) atoms. The van der Waals surface area contributed by atoms with E-state index >= 15 is 0 Å². The van der Waals surface area contributed by atoms with Gasteiger partial charge in [-0.05, 0) is 49.4 Å². The van der Waals surface area contributed by atoms with Crippen molar-refractivity contribution in [1.82, 2.24) is 9.97 Å². The molecule has 4 N–H and O–H groups in total. The number of carbonyl (C=O) groups excluding carboxylic acids is 2. The Kier molecular flexibility index (Phi) is 6.16. The Morgan fingerprint density at radius 2 is 1.66 bits per heavy atom. The molecule has 0 spiro atoms. The molecule has 0 saturated heterocycles. The molecule has 0 aliphatic heterocycles. The van der Waals surface area contributed by atoms with Crippen LogP contribution in [0.3, 0.4) is 0 Å². The topological polar surface area (TPSA) is 108 Å². The fraction of sp³-hybridized carbons (Fsp3) is 0.0476. The van der Waals surface area contributed by atoms with Gasteiger partial charge in [0.1, 0.15) is 5.82 Å². The first-order chi connectivity index (χ1) is 14.0. The van der Waals surface area contributed by atoms with Crippen molar-refractivity contribution in [3.63, 3.8) is 0 Å². The second-order valence-corrected chi connectivity index (χ2v) is 6.11. The minimum Gasteiger partial charge on any atom is -0.324 e. The van der Waals surface area contributed by atoms with Crippen LogP contribution in [-0.4, -0.2) is 21.9 Å². The molecule has 0 aliphatic carbocycles. The lowest BCUT2D eigenvalue weighted by Crippen LogP contribution is -2.20. The molecule has 3 aromatic rings. The lowest BCUT2D eigenvalue weighted by molar-refractivity contribution is -0.111. The Morgan fingerprint density at radius 1 is 0.931 bits per heavy atom. The van der Waals surface area contributed by atoms with Crippen molar-refractivity contribution in [2.24, 2.45) is 0 Å². The fourth-order valence-electron chi connectivity index (χ4n) is 2.40. The second kappa shape index (κ2) is 9.14. The van der Waals surface area contributed by atoms with Crippen LogP contribution in [0.4, 0.5) is 33.6 Å². The number of amides is 3. The van der Waals surface area contributed by atoms with Gasteiger partial charge in [0.25, 0.3) is 0 Å². The molecule has 8 nitrogen and oxygen atoms in total. The highest BCUT2D eigenvalue weighted by Crippen LogP contribution is 2.17. The summed E-state index contributed by atoms with van der Waals surface area (Å²) in [4.78, 5) is 32.1. The molecule has 1 heterocycles. The van der Waals surface area contributed by atoms with Crippen LogP contribution in [0.1, 0.15) is 5.56 Å². The van der Waals surface area contributed by atoms with Crippen LogP contribution >= 0.6 is 0 Å². The average molecular weight is 388 g/mol. The number of rotatable bonds is 6. The van der Waals surface area contributed by atoms with Gasteiger partial charge in [0, 0.05) is 23.3 Å². The van der Waals surface area contributed by atoms with Gasteiger partial charge in [-0.2, -0.15) is 4.98 Å². The van der Waals surface area contributed by atoms with E-state index in [1.807, 2.05) is 31.2 Å². The van der Waals surface area contributed by atoms with E-state index in [-0.39, 0.29) is 5.91 Å². The first-order valence-electron chi connectivity index (χ1n) is 8.80. The molecule has 0 atom stereocenters. The van der Waals surface area contributed by atoms with Crippen LogP contribution in [0.15, 0.2) is 73.4 Å². The lowest BCUT2D eigenvalue weighted by Gasteiger charge is -2.10. The molecule has 2 aromatic carbocycles. The van der Waals surface area contributed by atoms with Gasteiger partial charge >= 0.3 is 6.03 Å². The zero-order chi connectivity index (χ0) is 20.6. The number of aromatic nitrogens is 2. The van der Waals surface area contributed by atoms with Crippen LogP contribution in [-0.2, 0) is 4.79 Å². The Morgan fingerprint density at radius 3 is 2.38 bits per heavy atom. The van der Waals surface area contributed by atoms with Gasteiger partial charge in [0.15, 0.2) is 0 Å². The van der Waals surface area contributed by atoms with E-state index in [2.05, 4.69) is 37.8 Å². The molecule has 0 unspecified atom stereocenters. The second-order valence-electron chi connectivity index (χ2n) is 6.11. The smallest absolute Gasteiger partial charge is 0.324 e. The van der Waals surface area contributed by atoms with Crippen molar-refractivity contribution in [2.75, 3.05) is 21.3 Å². The van der Waals surface area contributed by atoms with E-state index in [1.165, 1.54) is 6.08 Å². The van der Waals surface area contributed by atoms with Crippen molar-refractivity contribution in [2.45, 2.75) is 6.92 Å². The van der Waals surface area contributed by atoms with Crippen molar-refractivity contribution in [1.29, 1.82) is 0 Å². The molecule has 3 amide bonds. The highest BCUT2D eigenvalue weighted by molar-refractivity contribution is 6.01. The van der Waals surface area contributed by atoms with Gasteiger partial charge in [-0.3, -0.25) is 10.1 Å². The minimum atomic E-state index is -0.475. The average Bonchev–Trinajstić information content (AvgIpc) is 2.70. The summed E-state index contributed by atoms with van der Waals surface area (Å²) in [5.41, 5.74) is 3.04. The van der Waals surface area contributed by atoms with Crippen molar-refractivity contribution >= 4 is 40.8 Å². The molecule has 1 aromatic heterocycles. The number of carbonyl (C=O) groups is 2. The number of hydrogen-bond donors (Lipinski definition) is 4. The normalized spacial score (nSPS) is 9.97. The number of nitrogens with zero attached hydrogens (tertiary/aromatic N) is 2. The van der Waals surface area contributed by atoms with Crippen LogP contribution in [0, 0.1) is 6.92 Å². The van der Waals surface area contributed by atoms with Gasteiger partial charge in [0.05, 0.1) is 0 Å². The summed E-state index contributed by atoms with van der Waals surface area (Å²) in [7, 11) is 0. The van der Waals surface area contributed by atoms with Gasteiger partial charge in [-0.25, -0.2) is 9.78 Å². The van der Waals surface area contributed by atoms with E-state index < -0.39 is 6.03 Å². The highest BCUT2D eigenvalue weighted by Gasteiger charge is 2.07. The molecule has 0 bridgehead atoms. The minimum absolute atomic E-state index is 0.332. The lowest BCUT2D eigenvalue weighted by atomic mass is 10.2. The quantitative estimate of drug-likeness (QED) is 0.471. The van der Waals surface area contributed by atoms with Crippen LogP contribution in [0.25, 0.3) is 0 Å². The van der Waals surface area contributed by atoms with Crippen LogP contribution in [0.5, 0.6) is 0 Å². The summed E-state index contributed by atoms with van der Waals surface area (Å²) in [6.07, 6.45) is 2.72. The van der Waals surface area contributed by atoms with E-state index in [1.54, 1.807) is 36.5 Å². The van der Waals surface area contributed by atoms with E-state index in [0.717, 1.165) is 11.3 Å². The summed E-state index contributed by atoms with van der Waals surface area (Å²) in [6, 6.07) is 15.7. The maximum Gasteiger partial charge on any atom is 0.324 e. The number of anilines is 5. The largest absolute Gasteiger partial charge is 0.324 e. The Balaban J connectivity index is 1.62. The zero-order valence-corrected chi connectivity index (χ0v) is 15.8. The number of urea groups is 1. The maximum absolute atomic E-state index is 12.3. The SMILES string of the molecule is C=CC(=O)Nc1cccc(NC(=O)Nc2ccnc(Nc3ccc(C)cc3)n2)c1. The van der Waals surface area contributed by atoms with Gasteiger partial charge in [-0.1, -0.05) is 30.3 Å². The summed E-state index contributed by atoms with van der Waals surface area (Å²) in [5, 5.41) is 11.1. The molecule has 0 radical (unpaired) electrons. The van der Waals surface area contributed by atoms with Gasteiger partial charge in [0.2, 0.25) is 11.9 Å². The molecule has 0 saturated carbocycles. The molecule has 8 heteroatoms. The number of aryl methyl sites for hydroxylation is 1. The molecule has 3 rings (SSSR count). The Labute approximate surface area is 168 Å². The molecular weight excluding hydrogens is 368 g/mol. The summed E-state index contributed by atoms with van der Waals surface area (Å²) in [5.74, 6) is 0.366.